The molecule has 4 heteroatoms. The highest BCUT2D eigenvalue weighted by Crippen LogP contribution is 2.42. The van der Waals surface area contributed by atoms with Crippen molar-refractivity contribution in [3.63, 3.8) is 0 Å². The van der Waals surface area contributed by atoms with Crippen LogP contribution < -0.4 is 14.9 Å². The number of aryl methyl sites for hydroxylation is 1. The number of hydrogen-bond acceptors (Lipinski definition) is 1. The topological polar surface area (TPSA) is 17.0 Å². The summed E-state index contributed by atoms with van der Waals surface area (Å²) in [6.45, 7) is 12.3. The summed E-state index contributed by atoms with van der Waals surface area (Å²) in [7, 11) is -0.160. The molecule has 0 N–H and O–H groups in total. The smallest absolute Gasteiger partial charge is 0.216 e. The molecule has 0 saturated heterocycles. The number of aromatic nitrogens is 1. The van der Waals surface area contributed by atoms with Crippen LogP contribution in [0.15, 0.2) is 89.5 Å². The minimum Gasteiger partial charge on any atom is -0.454 e. The molecule has 4 aromatic carbocycles. The van der Waals surface area contributed by atoms with Crippen molar-refractivity contribution in [3.05, 3.63) is 102 Å². The first-order valence-corrected chi connectivity index (χ1v) is 17.5. The number of furan rings is 1. The first-order chi connectivity index (χ1) is 21.1. The summed E-state index contributed by atoms with van der Waals surface area (Å²) in [5.74, 6) is -0.339. The van der Waals surface area contributed by atoms with Crippen LogP contribution in [0.4, 0.5) is 4.39 Å². The molecule has 6 aromatic rings. The molecule has 210 valence electrons. The largest absolute Gasteiger partial charge is 0.454 e. The van der Waals surface area contributed by atoms with E-state index in [1.807, 2.05) is 59.0 Å². The normalized spacial score (nSPS) is 15.4. The standard InChI is InChI=1S/C38H37FNOSi/c1-23-12-14-28-29-16-17-30(39)35(25-13-15-27-26-10-8-9-11-32(26)42(6,7)33(27)21-25)37(29)41-36(28)34(23)31-20-24(18-19-40(31)5)22-38(2,3)4/h8-21H,22H2,1-7H3/q+1/i19D,22D2. The number of hydrogen-bond donors (Lipinski definition) is 0. The second-order valence-electron chi connectivity index (χ2n) is 13.2. The molecule has 0 atom stereocenters. The van der Waals surface area contributed by atoms with Crippen LogP contribution in [0.3, 0.4) is 0 Å². The summed E-state index contributed by atoms with van der Waals surface area (Å²) < 4.78 is 51.0. The molecule has 2 aromatic heterocycles. The van der Waals surface area contributed by atoms with Gasteiger partial charge in [0.1, 0.15) is 33.5 Å². The van der Waals surface area contributed by atoms with E-state index in [0.29, 0.717) is 28.0 Å². The second kappa shape index (κ2) is 9.24. The number of benzene rings is 4. The number of rotatable bonds is 3. The maximum atomic E-state index is 15.9. The van der Waals surface area contributed by atoms with Crippen LogP contribution in [0.5, 0.6) is 0 Å². The Balaban J connectivity index is 1.48. The quantitative estimate of drug-likeness (QED) is 0.153. The van der Waals surface area contributed by atoms with Crippen molar-refractivity contribution in [1.29, 1.82) is 0 Å². The summed E-state index contributed by atoms with van der Waals surface area (Å²) in [6.07, 6.45) is -1.48. The van der Waals surface area contributed by atoms with E-state index in [-0.39, 0.29) is 12.0 Å². The van der Waals surface area contributed by atoms with Gasteiger partial charge in [0.05, 0.1) is 11.1 Å². The molecular weight excluding hydrogens is 534 g/mol. The molecule has 0 spiro atoms. The first-order valence-electron chi connectivity index (χ1n) is 16.0. The van der Waals surface area contributed by atoms with Gasteiger partial charge in [-0.3, -0.25) is 0 Å². The predicted octanol–water partition coefficient (Wildman–Crippen LogP) is 8.58. The Kier molecular flexibility index (Phi) is 5.18. The molecule has 0 radical (unpaired) electrons. The van der Waals surface area contributed by atoms with E-state index < -0.39 is 19.9 Å². The van der Waals surface area contributed by atoms with Gasteiger partial charge >= 0.3 is 0 Å². The SMILES string of the molecule is [2H]c1cc(C([2H])([2H])C(C)(C)C)cc(-c2c(C)ccc3c2oc2c(-c4ccc5c(c4)[Si](C)(C)c4ccccc4-5)c(F)ccc23)[n+]1C. The summed E-state index contributed by atoms with van der Waals surface area (Å²) in [5.41, 5.74) is 6.97. The van der Waals surface area contributed by atoms with E-state index in [2.05, 4.69) is 49.5 Å². The van der Waals surface area contributed by atoms with Gasteiger partial charge in [0.25, 0.3) is 0 Å². The van der Waals surface area contributed by atoms with Gasteiger partial charge in [-0.25, -0.2) is 8.96 Å². The lowest BCUT2D eigenvalue weighted by molar-refractivity contribution is -0.660. The third-order valence-corrected chi connectivity index (χ3v) is 12.2. The van der Waals surface area contributed by atoms with E-state index in [0.717, 1.165) is 27.5 Å². The van der Waals surface area contributed by atoms with Crippen LogP contribution in [-0.4, -0.2) is 8.07 Å². The molecule has 0 unspecified atom stereocenters. The Morgan fingerprint density at radius 3 is 2.31 bits per heavy atom. The fourth-order valence-electron chi connectivity index (χ4n) is 6.69. The average molecular weight is 574 g/mol. The van der Waals surface area contributed by atoms with Crippen molar-refractivity contribution in [2.75, 3.05) is 0 Å². The van der Waals surface area contributed by atoms with Crippen molar-refractivity contribution in [3.8, 4) is 33.5 Å². The van der Waals surface area contributed by atoms with Crippen LogP contribution >= 0.6 is 0 Å². The number of fused-ring (bicyclic) bond motifs is 6. The molecule has 1 aliphatic heterocycles. The summed E-state index contributed by atoms with van der Waals surface area (Å²) in [6, 6.07) is 25.7. The van der Waals surface area contributed by atoms with E-state index in [1.54, 1.807) is 16.7 Å². The maximum Gasteiger partial charge on any atom is 0.216 e. The maximum absolute atomic E-state index is 15.9. The van der Waals surface area contributed by atoms with Crippen LogP contribution in [0, 0.1) is 18.2 Å². The number of halogens is 1. The van der Waals surface area contributed by atoms with Gasteiger partial charge in [0, 0.05) is 25.6 Å². The minimum absolute atomic E-state index is 0.195. The lowest BCUT2D eigenvalue weighted by Crippen LogP contribution is -2.49. The van der Waals surface area contributed by atoms with E-state index >= 15 is 4.39 Å². The molecule has 0 aliphatic carbocycles. The van der Waals surface area contributed by atoms with Gasteiger partial charge in [0.15, 0.2) is 6.17 Å². The van der Waals surface area contributed by atoms with Crippen molar-refractivity contribution in [2.24, 2.45) is 12.5 Å². The van der Waals surface area contributed by atoms with E-state index in [9.17, 15) is 0 Å². The highest BCUT2D eigenvalue weighted by Gasteiger charge is 2.37. The fraction of sp³-hybridized carbons (Fsp3) is 0.237. The van der Waals surface area contributed by atoms with Gasteiger partial charge in [-0.1, -0.05) is 88.5 Å². The first kappa shape index (κ1) is 23.5. The van der Waals surface area contributed by atoms with Crippen LogP contribution in [-0.2, 0) is 13.4 Å². The summed E-state index contributed by atoms with van der Waals surface area (Å²) >= 11 is 0. The molecule has 0 saturated carbocycles. The lowest BCUT2D eigenvalue weighted by atomic mass is 9.88. The highest BCUT2D eigenvalue weighted by atomic mass is 28.3. The molecule has 0 fully saturated rings. The Morgan fingerprint density at radius 1 is 0.857 bits per heavy atom. The predicted molar refractivity (Wildman–Crippen MR) is 176 cm³/mol. The van der Waals surface area contributed by atoms with Crippen molar-refractivity contribution < 1.29 is 17.5 Å². The molecule has 3 heterocycles. The minimum atomic E-state index is -1.97. The van der Waals surface area contributed by atoms with Crippen LogP contribution in [0.25, 0.3) is 55.4 Å². The molecule has 0 amide bonds. The Labute approximate surface area is 252 Å². The Hall–Kier alpha value is -4.02. The van der Waals surface area contributed by atoms with Gasteiger partial charge in [-0.15, -0.1) is 0 Å². The molecule has 1 aliphatic rings. The lowest BCUT2D eigenvalue weighted by Gasteiger charge is -2.19. The molecular formula is C38H37FNOSi+. The van der Waals surface area contributed by atoms with Crippen LogP contribution in [0.2, 0.25) is 13.1 Å². The second-order valence-corrected chi connectivity index (χ2v) is 17.5. The third kappa shape index (κ3) is 4.07. The van der Waals surface area contributed by atoms with Crippen molar-refractivity contribution in [2.45, 2.75) is 47.2 Å². The molecule has 42 heavy (non-hydrogen) atoms. The average Bonchev–Trinajstić information content (AvgIpc) is 3.46. The Bertz CT molecular complexity index is 2210. The summed E-state index contributed by atoms with van der Waals surface area (Å²) in [4.78, 5) is 0. The van der Waals surface area contributed by atoms with Crippen LogP contribution in [0.1, 0.15) is 36.0 Å². The summed E-state index contributed by atoms with van der Waals surface area (Å²) in [5, 5.41) is 4.37. The fourth-order valence-corrected chi connectivity index (χ4v) is 9.79. The van der Waals surface area contributed by atoms with Gasteiger partial charge in [-0.05, 0) is 69.0 Å². The van der Waals surface area contributed by atoms with E-state index in [4.69, 9.17) is 8.53 Å². The third-order valence-electron chi connectivity index (χ3n) is 8.68. The zero-order valence-electron chi connectivity index (χ0n) is 28.2. The molecule has 7 rings (SSSR count). The molecule has 0 bridgehead atoms. The van der Waals surface area contributed by atoms with Crippen molar-refractivity contribution >= 4 is 40.4 Å². The zero-order chi connectivity index (χ0) is 32.2. The van der Waals surface area contributed by atoms with Gasteiger partial charge in [-0.2, -0.15) is 0 Å². The van der Waals surface area contributed by atoms with Gasteiger partial charge < -0.3 is 4.42 Å². The highest BCUT2D eigenvalue weighted by molar-refractivity contribution is 7.03. The molecule has 2 nitrogen and oxygen atoms in total. The Morgan fingerprint density at radius 2 is 1.55 bits per heavy atom. The van der Waals surface area contributed by atoms with Crippen molar-refractivity contribution in [1.82, 2.24) is 0 Å². The number of pyridine rings is 1. The number of nitrogens with zero attached hydrogens (tertiary/aromatic N) is 1. The monoisotopic (exact) mass is 573 g/mol. The zero-order valence-corrected chi connectivity index (χ0v) is 26.2. The van der Waals surface area contributed by atoms with E-state index in [1.165, 1.54) is 27.6 Å². The van der Waals surface area contributed by atoms with Gasteiger partial charge in [0.2, 0.25) is 5.69 Å².